The number of carbonyl (C=O) groups is 1. The van der Waals surface area contributed by atoms with E-state index in [1.807, 2.05) is 25.1 Å². The molecule has 0 saturated carbocycles. The minimum atomic E-state index is -0.107. The highest BCUT2D eigenvalue weighted by molar-refractivity contribution is 9.10. The number of halogens is 1. The summed E-state index contributed by atoms with van der Waals surface area (Å²) in [5.41, 5.74) is 1.89. The lowest BCUT2D eigenvalue weighted by atomic mass is 10.1. The van der Waals surface area contributed by atoms with E-state index in [1.165, 1.54) is 0 Å². The molecule has 1 aromatic rings. The molecule has 0 aliphatic carbocycles. The Morgan fingerprint density at radius 2 is 2.21 bits per heavy atom. The summed E-state index contributed by atoms with van der Waals surface area (Å²) in [6, 6.07) is 5.79. The van der Waals surface area contributed by atoms with E-state index in [4.69, 9.17) is 4.74 Å². The number of carbonyl (C=O) groups excluding carboxylic acids is 1. The molecule has 1 aliphatic rings. The van der Waals surface area contributed by atoms with Gasteiger partial charge in [-0.1, -0.05) is 12.1 Å². The molecule has 2 N–H and O–H groups in total. The van der Waals surface area contributed by atoms with E-state index in [9.17, 15) is 4.79 Å². The average Bonchev–Trinajstić information content (AvgIpc) is 2.43. The maximum absolute atomic E-state index is 11.8. The highest BCUT2D eigenvalue weighted by Gasteiger charge is 2.15. The van der Waals surface area contributed by atoms with Crippen LogP contribution < -0.4 is 10.6 Å². The van der Waals surface area contributed by atoms with Crippen LogP contribution in [0.1, 0.15) is 18.4 Å². The maximum Gasteiger partial charge on any atom is 0.250 e. The minimum Gasteiger partial charge on any atom is -0.368 e. The Labute approximate surface area is 122 Å². The molecule has 1 saturated heterocycles. The second kappa shape index (κ2) is 7.03. The predicted octanol–water partition coefficient (Wildman–Crippen LogP) is 2.46. The number of hydrogen-bond donors (Lipinski definition) is 2. The first-order chi connectivity index (χ1) is 9.16. The van der Waals surface area contributed by atoms with Crippen LogP contribution in [0.25, 0.3) is 0 Å². The van der Waals surface area contributed by atoms with Crippen molar-refractivity contribution in [1.29, 1.82) is 0 Å². The van der Waals surface area contributed by atoms with Gasteiger partial charge in [0.15, 0.2) is 0 Å². The molecule has 1 amide bonds. The van der Waals surface area contributed by atoms with Gasteiger partial charge < -0.3 is 15.4 Å². The minimum absolute atomic E-state index is 0.107. The zero-order chi connectivity index (χ0) is 13.7. The van der Waals surface area contributed by atoms with Crippen molar-refractivity contribution in [3.63, 3.8) is 0 Å². The Hall–Kier alpha value is -0.910. The number of aryl methyl sites for hydroxylation is 1. The van der Waals surface area contributed by atoms with Crippen LogP contribution in [0, 0.1) is 6.92 Å². The van der Waals surface area contributed by atoms with Gasteiger partial charge in [-0.15, -0.1) is 0 Å². The Kier molecular flexibility index (Phi) is 5.36. The molecule has 19 heavy (non-hydrogen) atoms. The number of piperidine rings is 1. The molecule has 0 bridgehead atoms. The van der Waals surface area contributed by atoms with Crippen molar-refractivity contribution >= 4 is 27.5 Å². The normalized spacial score (nSPS) is 16.3. The number of anilines is 1. The van der Waals surface area contributed by atoms with E-state index in [1.54, 1.807) is 0 Å². The fourth-order valence-corrected chi connectivity index (χ4v) is 2.45. The van der Waals surface area contributed by atoms with E-state index in [-0.39, 0.29) is 18.6 Å². The van der Waals surface area contributed by atoms with E-state index in [2.05, 4.69) is 26.6 Å². The Balaban J connectivity index is 1.82. The van der Waals surface area contributed by atoms with Gasteiger partial charge in [0.1, 0.15) is 6.61 Å². The van der Waals surface area contributed by atoms with Gasteiger partial charge in [-0.3, -0.25) is 4.79 Å². The van der Waals surface area contributed by atoms with E-state index in [0.717, 1.165) is 41.7 Å². The summed E-state index contributed by atoms with van der Waals surface area (Å²) in [5, 5.41) is 6.13. The molecule has 1 aromatic carbocycles. The molecule has 1 fully saturated rings. The molecule has 1 aliphatic heterocycles. The summed E-state index contributed by atoms with van der Waals surface area (Å²) in [6.07, 6.45) is 2.15. The first kappa shape index (κ1) is 14.5. The van der Waals surface area contributed by atoms with Crippen LogP contribution in [0.5, 0.6) is 0 Å². The van der Waals surface area contributed by atoms with Crippen molar-refractivity contribution in [1.82, 2.24) is 5.32 Å². The largest absolute Gasteiger partial charge is 0.368 e. The summed E-state index contributed by atoms with van der Waals surface area (Å²) in [4.78, 5) is 11.8. The molecule has 5 heteroatoms. The molecule has 104 valence electrons. The van der Waals surface area contributed by atoms with Crippen molar-refractivity contribution in [2.24, 2.45) is 0 Å². The van der Waals surface area contributed by atoms with Gasteiger partial charge in [-0.2, -0.15) is 0 Å². The van der Waals surface area contributed by atoms with Gasteiger partial charge >= 0.3 is 0 Å². The van der Waals surface area contributed by atoms with Crippen LogP contribution in [-0.2, 0) is 9.53 Å². The summed E-state index contributed by atoms with van der Waals surface area (Å²) >= 11 is 3.47. The van der Waals surface area contributed by atoms with Crippen molar-refractivity contribution in [2.45, 2.75) is 25.9 Å². The van der Waals surface area contributed by atoms with Crippen molar-refractivity contribution < 1.29 is 9.53 Å². The first-order valence-electron chi connectivity index (χ1n) is 6.54. The second-order valence-electron chi connectivity index (χ2n) is 4.74. The van der Waals surface area contributed by atoms with Gasteiger partial charge in [0, 0.05) is 4.47 Å². The van der Waals surface area contributed by atoms with Crippen LogP contribution in [0.3, 0.4) is 0 Å². The van der Waals surface area contributed by atoms with E-state index >= 15 is 0 Å². The number of benzene rings is 1. The summed E-state index contributed by atoms with van der Waals surface area (Å²) in [7, 11) is 0. The lowest BCUT2D eigenvalue weighted by Gasteiger charge is -2.22. The molecular weight excluding hydrogens is 308 g/mol. The summed E-state index contributed by atoms with van der Waals surface area (Å²) in [5.74, 6) is -0.107. The van der Waals surface area contributed by atoms with Crippen LogP contribution in [-0.4, -0.2) is 31.7 Å². The predicted molar refractivity (Wildman–Crippen MR) is 79.4 cm³/mol. The molecule has 0 spiro atoms. The van der Waals surface area contributed by atoms with E-state index in [0.29, 0.717) is 0 Å². The zero-order valence-corrected chi connectivity index (χ0v) is 12.6. The third kappa shape index (κ3) is 4.30. The van der Waals surface area contributed by atoms with Gasteiger partial charge in [-0.25, -0.2) is 0 Å². The molecule has 1 heterocycles. The van der Waals surface area contributed by atoms with Gasteiger partial charge in [0.2, 0.25) is 5.91 Å². The Morgan fingerprint density at radius 3 is 2.95 bits per heavy atom. The van der Waals surface area contributed by atoms with Crippen molar-refractivity contribution in [3.8, 4) is 0 Å². The third-order valence-corrected chi connectivity index (χ3v) is 4.25. The quantitative estimate of drug-likeness (QED) is 0.893. The Bertz CT molecular complexity index is 445. The lowest BCUT2D eigenvalue weighted by molar-refractivity contribution is -0.123. The van der Waals surface area contributed by atoms with Crippen LogP contribution >= 0.6 is 15.9 Å². The number of rotatable bonds is 4. The number of nitrogens with one attached hydrogen (secondary N) is 2. The molecule has 2 rings (SSSR count). The number of hydrogen-bond acceptors (Lipinski definition) is 3. The number of amides is 1. The van der Waals surface area contributed by atoms with Gasteiger partial charge in [0.05, 0.1) is 11.8 Å². The molecule has 0 unspecified atom stereocenters. The molecular formula is C14H19BrN2O2. The highest BCUT2D eigenvalue weighted by Crippen LogP contribution is 2.25. The molecule has 0 aromatic heterocycles. The SMILES string of the molecule is Cc1cccc(NC(=O)COC2CCNCC2)c1Br. The monoisotopic (exact) mass is 326 g/mol. The first-order valence-corrected chi connectivity index (χ1v) is 7.33. The maximum atomic E-state index is 11.8. The second-order valence-corrected chi connectivity index (χ2v) is 5.54. The fraction of sp³-hybridized carbons (Fsp3) is 0.500. The van der Waals surface area contributed by atoms with E-state index < -0.39 is 0 Å². The standard InChI is InChI=1S/C14H19BrN2O2/c1-10-3-2-4-12(14(10)15)17-13(18)9-19-11-5-7-16-8-6-11/h2-4,11,16H,5-9H2,1H3,(H,17,18). The molecule has 4 nitrogen and oxygen atoms in total. The zero-order valence-electron chi connectivity index (χ0n) is 11.0. The smallest absolute Gasteiger partial charge is 0.250 e. The van der Waals surface area contributed by atoms with Crippen LogP contribution in [0.15, 0.2) is 22.7 Å². The Morgan fingerprint density at radius 1 is 1.47 bits per heavy atom. The van der Waals surface area contributed by atoms with Gasteiger partial charge in [0.25, 0.3) is 0 Å². The highest BCUT2D eigenvalue weighted by atomic mass is 79.9. The lowest BCUT2D eigenvalue weighted by Crippen LogP contribution is -2.34. The van der Waals surface area contributed by atoms with Crippen LogP contribution in [0.2, 0.25) is 0 Å². The topological polar surface area (TPSA) is 50.4 Å². The number of ether oxygens (including phenoxy) is 1. The third-order valence-electron chi connectivity index (χ3n) is 3.20. The molecule has 0 atom stereocenters. The fourth-order valence-electron chi connectivity index (χ4n) is 2.09. The van der Waals surface area contributed by atoms with Crippen molar-refractivity contribution in [3.05, 3.63) is 28.2 Å². The average molecular weight is 327 g/mol. The van der Waals surface area contributed by atoms with Gasteiger partial charge in [-0.05, 0) is 60.4 Å². The molecule has 0 radical (unpaired) electrons. The summed E-state index contributed by atoms with van der Waals surface area (Å²) < 4.78 is 6.54. The van der Waals surface area contributed by atoms with Crippen molar-refractivity contribution in [2.75, 3.05) is 25.0 Å². The van der Waals surface area contributed by atoms with Crippen LogP contribution in [0.4, 0.5) is 5.69 Å². The summed E-state index contributed by atoms with van der Waals surface area (Å²) in [6.45, 7) is 4.04.